The van der Waals surface area contributed by atoms with Gasteiger partial charge in [-0.15, -0.1) is 0 Å². The molecule has 0 aromatic heterocycles. The van der Waals surface area contributed by atoms with E-state index in [9.17, 15) is 0 Å². The molecule has 0 fully saturated rings. The summed E-state index contributed by atoms with van der Waals surface area (Å²) in [6.07, 6.45) is 0. The van der Waals surface area contributed by atoms with Crippen molar-refractivity contribution in [2.45, 2.75) is 40.2 Å². The van der Waals surface area contributed by atoms with Crippen LogP contribution in [0.1, 0.15) is 37.5 Å². The second kappa shape index (κ2) is 5.72. The molecule has 2 rings (SSSR count). The molecule has 0 amide bonds. The molecule has 0 spiro atoms. The Kier molecular flexibility index (Phi) is 4.17. The topological polar surface area (TPSA) is 38.4 Å². The maximum absolute atomic E-state index is 6.12. The van der Waals surface area contributed by atoms with E-state index in [-0.39, 0.29) is 5.54 Å². The highest BCUT2D eigenvalue weighted by Gasteiger charge is 2.11. The molecule has 0 aliphatic carbocycles. The lowest BCUT2D eigenvalue weighted by Gasteiger charge is -2.15. The lowest BCUT2D eigenvalue weighted by Crippen LogP contribution is -2.21. The van der Waals surface area contributed by atoms with Crippen LogP contribution in [0.4, 0.5) is 0 Å². The van der Waals surface area contributed by atoms with Gasteiger partial charge in [0, 0.05) is 5.56 Å². The summed E-state index contributed by atoms with van der Waals surface area (Å²) in [6, 6.07) is 14.7. The minimum Gasteiger partial charge on any atom is -0.383 e. The van der Waals surface area contributed by atoms with E-state index in [1.807, 2.05) is 0 Å². The highest BCUT2D eigenvalue weighted by Crippen LogP contribution is 2.27. The molecule has 0 atom stereocenters. The number of hydrogen-bond donors (Lipinski definition) is 1. The first-order valence-electron chi connectivity index (χ1n) is 7.30. The summed E-state index contributed by atoms with van der Waals surface area (Å²) in [6.45, 7) is 10.4. The van der Waals surface area contributed by atoms with E-state index in [2.05, 4.69) is 82.1 Å². The van der Waals surface area contributed by atoms with E-state index >= 15 is 0 Å². The summed E-state index contributed by atoms with van der Waals surface area (Å²) in [7, 11) is 0. The molecule has 0 radical (unpaired) electrons. The molecule has 0 bridgehead atoms. The normalized spacial score (nSPS) is 12.5. The first-order valence-corrected chi connectivity index (χ1v) is 7.30. The summed E-state index contributed by atoms with van der Waals surface area (Å²) in [5.74, 6) is 0.599. The van der Waals surface area contributed by atoms with Crippen LogP contribution in [0.2, 0.25) is 0 Å². The van der Waals surface area contributed by atoms with Gasteiger partial charge in [0.1, 0.15) is 5.84 Å². The maximum Gasteiger partial charge on any atom is 0.126 e. The van der Waals surface area contributed by atoms with E-state index in [0.29, 0.717) is 5.84 Å². The van der Waals surface area contributed by atoms with Crippen molar-refractivity contribution in [2.75, 3.05) is 0 Å². The van der Waals surface area contributed by atoms with Crippen LogP contribution in [0.3, 0.4) is 0 Å². The van der Waals surface area contributed by atoms with Gasteiger partial charge < -0.3 is 5.73 Å². The molecule has 2 heteroatoms. The predicted octanol–water partition coefficient (Wildman–Crippen LogP) is 4.47. The van der Waals surface area contributed by atoms with Gasteiger partial charge in [0.2, 0.25) is 0 Å². The number of amidine groups is 1. The number of aliphatic imine (C=N–C) groups is 1. The number of aryl methyl sites for hydroxylation is 2. The number of nitrogens with two attached hydrogens (primary N) is 1. The first kappa shape index (κ1) is 15.3. The van der Waals surface area contributed by atoms with Gasteiger partial charge in [-0.2, -0.15) is 0 Å². The van der Waals surface area contributed by atoms with Crippen molar-refractivity contribution in [3.05, 3.63) is 59.2 Å². The number of benzene rings is 2. The fraction of sp³-hybridized carbons (Fsp3) is 0.316. The van der Waals surface area contributed by atoms with Crippen LogP contribution in [-0.4, -0.2) is 11.4 Å². The molecule has 21 heavy (non-hydrogen) atoms. The van der Waals surface area contributed by atoms with Crippen molar-refractivity contribution in [3.63, 3.8) is 0 Å². The molecular formula is C19H24N2. The Labute approximate surface area is 127 Å². The number of rotatable bonds is 2. The van der Waals surface area contributed by atoms with Crippen molar-refractivity contribution < 1.29 is 0 Å². The summed E-state index contributed by atoms with van der Waals surface area (Å²) < 4.78 is 0. The Hall–Kier alpha value is -2.09. The monoisotopic (exact) mass is 280 g/mol. The van der Waals surface area contributed by atoms with Crippen molar-refractivity contribution in [1.82, 2.24) is 0 Å². The van der Waals surface area contributed by atoms with Crippen LogP contribution in [0.5, 0.6) is 0 Å². The van der Waals surface area contributed by atoms with Crippen LogP contribution in [-0.2, 0) is 0 Å². The Bertz CT molecular complexity index is 676. The smallest absolute Gasteiger partial charge is 0.126 e. The first-order chi connectivity index (χ1) is 9.78. The Balaban J connectivity index is 2.44. The van der Waals surface area contributed by atoms with Gasteiger partial charge in [-0.3, -0.25) is 4.99 Å². The fourth-order valence-electron chi connectivity index (χ4n) is 2.43. The fourth-order valence-corrected chi connectivity index (χ4v) is 2.43. The van der Waals surface area contributed by atoms with E-state index in [4.69, 9.17) is 5.73 Å². The Morgan fingerprint density at radius 3 is 2.10 bits per heavy atom. The van der Waals surface area contributed by atoms with Crippen LogP contribution in [0, 0.1) is 13.8 Å². The molecule has 2 aromatic carbocycles. The van der Waals surface area contributed by atoms with Crippen LogP contribution in [0.15, 0.2) is 47.5 Å². The maximum atomic E-state index is 6.12. The van der Waals surface area contributed by atoms with Gasteiger partial charge in [0.05, 0.1) is 5.54 Å². The van der Waals surface area contributed by atoms with Gasteiger partial charge in [-0.25, -0.2) is 0 Å². The molecule has 2 aromatic rings. The summed E-state index contributed by atoms with van der Waals surface area (Å²) >= 11 is 0. The predicted molar refractivity (Wildman–Crippen MR) is 91.8 cm³/mol. The molecular weight excluding hydrogens is 256 g/mol. The summed E-state index contributed by atoms with van der Waals surface area (Å²) in [5, 5.41) is 0. The third-order valence-electron chi connectivity index (χ3n) is 3.41. The zero-order valence-electron chi connectivity index (χ0n) is 13.6. The lowest BCUT2D eigenvalue weighted by atomic mass is 9.95. The standard InChI is InChI=1S/C19H24N2/c1-13-8-6-7-9-16(13)17-11-10-15(12-14(17)2)18(20)21-19(3,4)5/h6-12H,1-5H3,(H2,20,21). The van der Waals surface area contributed by atoms with E-state index < -0.39 is 0 Å². The average Bonchev–Trinajstić information content (AvgIpc) is 2.38. The van der Waals surface area contributed by atoms with E-state index in [1.54, 1.807) is 0 Å². The average molecular weight is 280 g/mol. The quantitative estimate of drug-likeness (QED) is 0.639. The largest absolute Gasteiger partial charge is 0.383 e. The summed E-state index contributed by atoms with van der Waals surface area (Å²) in [4.78, 5) is 4.54. The lowest BCUT2D eigenvalue weighted by molar-refractivity contribution is 0.583. The van der Waals surface area contributed by atoms with Gasteiger partial charge in [-0.1, -0.05) is 36.4 Å². The molecule has 0 unspecified atom stereocenters. The van der Waals surface area contributed by atoms with Gasteiger partial charge >= 0.3 is 0 Å². The van der Waals surface area contributed by atoms with Crippen molar-refractivity contribution in [3.8, 4) is 11.1 Å². The Morgan fingerprint density at radius 2 is 1.52 bits per heavy atom. The molecule has 2 N–H and O–H groups in total. The molecule has 0 saturated carbocycles. The molecule has 0 aliphatic rings. The second-order valence-electron chi connectivity index (χ2n) is 6.51. The molecule has 2 nitrogen and oxygen atoms in total. The highest BCUT2D eigenvalue weighted by atomic mass is 14.9. The second-order valence-corrected chi connectivity index (χ2v) is 6.51. The van der Waals surface area contributed by atoms with Crippen LogP contribution < -0.4 is 5.73 Å². The van der Waals surface area contributed by atoms with Crippen molar-refractivity contribution in [2.24, 2.45) is 10.7 Å². The van der Waals surface area contributed by atoms with E-state index in [0.717, 1.165) is 5.56 Å². The molecule has 0 heterocycles. The van der Waals surface area contributed by atoms with Gasteiger partial charge in [0.25, 0.3) is 0 Å². The van der Waals surface area contributed by atoms with Crippen LogP contribution in [0.25, 0.3) is 11.1 Å². The zero-order chi connectivity index (χ0) is 15.6. The minimum atomic E-state index is -0.160. The molecule has 0 saturated heterocycles. The van der Waals surface area contributed by atoms with Crippen molar-refractivity contribution in [1.29, 1.82) is 0 Å². The van der Waals surface area contributed by atoms with Crippen LogP contribution >= 0.6 is 0 Å². The summed E-state index contributed by atoms with van der Waals surface area (Å²) in [5.41, 5.74) is 12.0. The third-order valence-corrected chi connectivity index (χ3v) is 3.41. The molecule has 110 valence electrons. The zero-order valence-corrected chi connectivity index (χ0v) is 13.6. The van der Waals surface area contributed by atoms with Gasteiger partial charge in [-0.05, 0) is 62.9 Å². The third kappa shape index (κ3) is 3.72. The minimum absolute atomic E-state index is 0.160. The highest BCUT2D eigenvalue weighted by molar-refractivity contribution is 5.98. The van der Waals surface area contributed by atoms with Crippen molar-refractivity contribution >= 4 is 5.84 Å². The number of hydrogen-bond acceptors (Lipinski definition) is 1. The van der Waals surface area contributed by atoms with E-state index in [1.165, 1.54) is 22.3 Å². The molecule has 0 aliphatic heterocycles. The Morgan fingerprint density at radius 1 is 0.905 bits per heavy atom. The SMILES string of the molecule is Cc1ccccc1-c1ccc(C(N)=NC(C)(C)C)cc1C. The van der Waals surface area contributed by atoms with Gasteiger partial charge in [0.15, 0.2) is 0 Å². The number of nitrogens with zero attached hydrogens (tertiary/aromatic N) is 1.